The minimum atomic E-state index is 0.410. The molecular formula is C9H9ClN2OS. The Morgan fingerprint density at radius 2 is 2.50 bits per heavy atom. The molecule has 1 aliphatic heterocycles. The molecule has 14 heavy (non-hydrogen) atoms. The van der Waals surface area contributed by atoms with Gasteiger partial charge in [0.2, 0.25) is 0 Å². The van der Waals surface area contributed by atoms with Gasteiger partial charge in [-0.1, -0.05) is 11.6 Å². The van der Waals surface area contributed by atoms with Gasteiger partial charge in [-0.15, -0.1) is 0 Å². The van der Waals surface area contributed by atoms with Gasteiger partial charge in [-0.25, -0.2) is 4.98 Å². The van der Waals surface area contributed by atoms with Gasteiger partial charge in [0, 0.05) is 24.1 Å². The molecular weight excluding hydrogens is 220 g/mol. The molecule has 1 aromatic rings. The predicted molar refractivity (Wildman–Crippen MR) is 59.1 cm³/mol. The number of nitrogens with zero attached hydrogens (tertiary/aromatic N) is 2. The van der Waals surface area contributed by atoms with Crippen LogP contribution in [0.2, 0.25) is 5.02 Å². The van der Waals surface area contributed by atoms with Crippen LogP contribution in [0.25, 0.3) is 0 Å². The Labute approximate surface area is 91.6 Å². The molecule has 2 rings (SSSR count). The fourth-order valence-electron chi connectivity index (χ4n) is 1.30. The molecule has 0 bridgehead atoms. The Morgan fingerprint density at radius 3 is 3.14 bits per heavy atom. The summed E-state index contributed by atoms with van der Waals surface area (Å²) in [6, 6.07) is 1.73. The fraction of sp³-hybridized carbons (Fsp3) is 0.333. The van der Waals surface area contributed by atoms with Crippen molar-refractivity contribution < 1.29 is 4.79 Å². The zero-order valence-electron chi connectivity index (χ0n) is 7.44. The first kappa shape index (κ1) is 9.80. The molecule has 0 radical (unpaired) electrons. The SMILES string of the molecule is O=Cc1cc(N2CCCS2)ncc1Cl. The molecule has 0 N–H and O–H groups in total. The second-order valence-electron chi connectivity index (χ2n) is 2.97. The van der Waals surface area contributed by atoms with E-state index in [-0.39, 0.29) is 0 Å². The van der Waals surface area contributed by atoms with Gasteiger partial charge >= 0.3 is 0 Å². The summed E-state index contributed by atoms with van der Waals surface area (Å²) in [6.07, 6.45) is 3.44. The number of carbonyl (C=O) groups excluding carboxylic acids is 1. The van der Waals surface area contributed by atoms with Gasteiger partial charge in [-0.05, 0) is 24.4 Å². The van der Waals surface area contributed by atoms with Crippen LogP contribution in [0.15, 0.2) is 12.3 Å². The van der Waals surface area contributed by atoms with Gasteiger partial charge in [0.1, 0.15) is 5.82 Å². The Bertz CT molecular complexity index is 353. The summed E-state index contributed by atoms with van der Waals surface area (Å²) in [5.74, 6) is 1.93. The summed E-state index contributed by atoms with van der Waals surface area (Å²) in [6.45, 7) is 0.984. The highest BCUT2D eigenvalue weighted by atomic mass is 35.5. The third-order valence-corrected chi connectivity index (χ3v) is 3.47. The zero-order chi connectivity index (χ0) is 9.97. The summed E-state index contributed by atoms with van der Waals surface area (Å²) in [4.78, 5) is 14.8. The molecule has 0 amide bonds. The van der Waals surface area contributed by atoms with Crippen molar-refractivity contribution in [2.24, 2.45) is 0 Å². The van der Waals surface area contributed by atoms with Crippen LogP contribution >= 0.6 is 23.5 Å². The lowest BCUT2D eigenvalue weighted by molar-refractivity contribution is 0.112. The normalized spacial score (nSPS) is 15.9. The topological polar surface area (TPSA) is 33.2 Å². The molecule has 0 aliphatic carbocycles. The molecule has 0 atom stereocenters. The van der Waals surface area contributed by atoms with E-state index in [1.165, 1.54) is 6.20 Å². The number of halogens is 1. The highest BCUT2D eigenvalue weighted by Gasteiger charge is 2.15. The number of anilines is 1. The first-order chi connectivity index (χ1) is 6.81. The van der Waals surface area contributed by atoms with E-state index in [1.807, 2.05) is 0 Å². The van der Waals surface area contributed by atoms with Crippen molar-refractivity contribution in [3.8, 4) is 0 Å². The summed E-state index contributed by atoms with van der Waals surface area (Å²) in [7, 11) is 0. The Hall–Kier alpha value is -0.740. The van der Waals surface area contributed by atoms with Crippen molar-refractivity contribution in [3.63, 3.8) is 0 Å². The Kier molecular flexibility index (Phi) is 2.93. The molecule has 1 aromatic heterocycles. The van der Waals surface area contributed by atoms with Gasteiger partial charge < -0.3 is 4.31 Å². The maximum atomic E-state index is 10.7. The van der Waals surface area contributed by atoms with Crippen LogP contribution in [0, 0.1) is 0 Å². The van der Waals surface area contributed by atoms with Crippen molar-refractivity contribution in [2.75, 3.05) is 16.6 Å². The van der Waals surface area contributed by atoms with Crippen molar-refractivity contribution in [2.45, 2.75) is 6.42 Å². The first-order valence-electron chi connectivity index (χ1n) is 4.32. The lowest BCUT2D eigenvalue weighted by Gasteiger charge is -2.14. The number of aromatic nitrogens is 1. The van der Waals surface area contributed by atoms with E-state index in [0.717, 1.165) is 30.8 Å². The Morgan fingerprint density at radius 1 is 1.64 bits per heavy atom. The third-order valence-electron chi connectivity index (χ3n) is 2.01. The van der Waals surface area contributed by atoms with E-state index < -0.39 is 0 Å². The summed E-state index contributed by atoms with van der Waals surface area (Å²) in [5.41, 5.74) is 0.504. The molecule has 5 heteroatoms. The van der Waals surface area contributed by atoms with E-state index in [1.54, 1.807) is 18.0 Å². The molecule has 1 saturated heterocycles. The number of carbonyl (C=O) groups is 1. The van der Waals surface area contributed by atoms with Crippen molar-refractivity contribution in [1.29, 1.82) is 0 Å². The number of rotatable bonds is 2. The molecule has 0 unspecified atom stereocenters. The van der Waals surface area contributed by atoms with Crippen LogP contribution in [-0.4, -0.2) is 23.6 Å². The van der Waals surface area contributed by atoms with Crippen LogP contribution in [0.3, 0.4) is 0 Å². The van der Waals surface area contributed by atoms with E-state index >= 15 is 0 Å². The summed E-state index contributed by atoms with van der Waals surface area (Å²) >= 11 is 7.52. The molecule has 3 nitrogen and oxygen atoms in total. The molecule has 74 valence electrons. The third kappa shape index (κ3) is 1.86. The molecule has 0 aromatic carbocycles. The van der Waals surface area contributed by atoms with Crippen LogP contribution in [0.4, 0.5) is 5.82 Å². The minimum Gasteiger partial charge on any atom is -0.301 e. The van der Waals surface area contributed by atoms with Gasteiger partial charge in [-0.3, -0.25) is 4.79 Å². The standard InChI is InChI=1S/C9H9ClN2OS/c10-8-5-11-9(4-7(8)6-13)12-2-1-3-14-12/h4-6H,1-3H2. The monoisotopic (exact) mass is 228 g/mol. The van der Waals surface area contributed by atoms with Crippen LogP contribution in [0.1, 0.15) is 16.8 Å². The second-order valence-corrected chi connectivity index (χ2v) is 4.49. The van der Waals surface area contributed by atoms with Gasteiger partial charge in [-0.2, -0.15) is 0 Å². The highest BCUT2D eigenvalue weighted by molar-refractivity contribution is 8.00. The number of pyridine rings is 1. The number of hydrogen-bond donors (Lipinski definition) is 0. The van der Waals surface area contributed by atoms with E-state index in [2.05, 4.69) is 9.29 Å². The fourth-order valence-corrected chi connectivity index (χ4v) is 2.41. The van der Waals surface area contributed by atoms with Gasteiger partial charge in [0.15, 0.2) is 6.29 Å². The molecule has 0 spiro atoms. The second kappa shape index (κ2) is 4.19. The molecule has 1 fully saturated rings. The number of hydrogen-bond acceptors (Lipinski definition) is 4. The maximum absolute atomic E-state index is 10.7. The summed E-state index contributed by atoms with van der Waals surface area (Å²) in [5, 5.41) is 0.410. The smallest absolute Gasteiger partial charge is 0.151 e. The van der Waals surface area contributed by atoms with Crippen LogP contribution < -0.4 is 4.31 Å². The van der Waals surface area contributed by atoms with Gasteiger partial charge in [0.25, 0.3) is 0 Å². The van der Waals surface area contributed by atoms with E-state index in [4.69, 9.17) is 11.6 Å². The van der Waals surface area contributed by atoms with Crippen molar-refractivity contribution in [3.05, 3.63) is 22.8 Å². The molecule has 1 aliphatic rings. The number of aldehydes is 1. The summed E-state index contributed by atoms with van der Waals surface area (Å²) < 4.78 is 2.09. The van der Waals surface area contributed by atoms with Gasteiger partial charge in [0.05, 0.1) is 5.02 Å². The highest BCUT2D eigenvalue weighted by Crippen LogP contribution is 2.28. The largest absolute Gasteiger partial charge is 0.301 e. The lowest BCUT2D eigenvalue weighted by atomic mass is 10.3. The predicted octanol–water partition coefficient (Wildman–Crippen LogP) is 2.41. The quantitative estimate of drug-likeness (QED) is 0.575. The lowest BCUT2D eigenvalue weighted by Crippen LogP contribution is -2.10. The maximum Gasteiger partial charge on any atom is 0.151 e. The molecule has 0 saturated carbocycles. The molecule has 2 heterocycles. The van der Waals surface area contributed by atoms with Crippen LogP contribution in [0.5, 0.6) is 0 Å². The first-order valence-corrected chi connectivity index (χ1v) is 5.64. The van der Waals surface area contributed by atoms with E-state index in [0.29, 0.717) is 10.6 Å². The Balaban J connectivity index is 2.30. The average molecular weight is 229 g/mol. The zero-order valence-corrected chi connectivity index (χ0v) is 9.01. The average Bonchev–Trinajstić information content (AvgIpc) is 2.71. The van der Waals surface area contributed by atoms with Crippen molar-refractivity contribution >= 4 is 35.7 Å². The van der Waals surface area contributed by atoms with Crippen molar-refractivity contribution in [1.82, 2.24) is 4.98 Å². The van der Waals surface area contributed by atoms with Crippen LogP contribution in [-0.2, 0) is 0 Å². The minimum absolute atomic E-state index is 0.410. The van der Waals surface area contributed by atoms with E-state index in [9.17, 15) is 4.79 Å².